The first-order valence-corrected chi connectivity index (χ1v) is 19.2. The first-order chi connectivity index (χ1) is 25.5. The standard InChI is InChI=1S/C35H39N7O10S2/c1-16-20(14-42(8-4-5-9-42)13-17-12-40(18-6-7-18)22-11-24(44)23(43)10-19(22)28(17)45)27(32(48)49)41-30(47)26(31(41)54-16)38-29(46)25(21-15-53-34(36)37-21)39-52-35(2,3)33(50)51/h10-12,15-16,18,26,31H,4-9,13-14H2,1-3H3,(H6-,36,37,38,39,43,44,45,46,48,49,50,51)/p+1/t16-,26+,31+/m0/s1. The quantitative estimate of drug-likeness (QED) is 0.0508. The Morgan fingerprint density at radius 3 is 2.41 bits per heavy atom. The summed E-state index contributed by atoms with van der Waals surface area (Å²) in [5, 5.41) is 47.6. The van der Waals surface area contributed by atoms with Crippen molar-refractivity contribution in [1.29, 1.82) is 0 Å². The molecule has 7 rings (SSSR count). The normalized spacial score (nSPS) is 22.6. The second-order valence-electron chi connectivity index (χ2n) is 14.7. The number of aliphatic carboxylic acids is 2. The van der Waals surface area contributed by atoms with Gasteiger partial charge in [-0.3, -0.25) is 19.3 Å². The van der Waals surface area contributed by atoms with E-state index >= 15 is 0 Å². The zero-order valence-electron chi connectivity index (χ0n) is 29.6. The first kappa shape index (κ1) is 37.2. The molecule has 1 saturated carbocycles. The van der Waals surface area contributed by atoms with Crippen LogP contribution in [0.4, 0.5) is 5.13 Å². The highest BCUT2D eigenvalue weighted by Gasteiger charge is 2.57. The summed E-state index contributed by atoms with van der Waals surface area (Å²) in [6, 6.07) is 1.72. The van der Waals surface area contributed by atoms with E-state index in [0.717, 1.165) is 37.0 Å². The van der Waals surface area contributed by atoms with Gasteiger partial charge in [-0.1, -0.05) is 5.16 Å². The van der Waals surface area contributed by atoms with Gasteiger partial charge in [-0.25, -0.2) is 14.6 Å². The van der Waals surface area contributed by atoms with E-state index < -0.39 is 51.7 Å². The number of phenols is 2. The number of nitrogens with zero attached hydrogens (tertiary/aromatic N) is 5. The number of thiazole rings is 1. The summed E-state index contributed by atoms with van der Waals surface area (Å²) in [6.45, 7) is 6.26. The van der Waals surface area contributed by atoms with E-state index in [0.29, 0.717) is 46.2 Å². The molecule has 5 heterocycles. The molecule has 17 nitrogen and oxygen atoms in total. The van der Waals surface area contributed by atoms with Crippen molar-refractivity contribution in [2.45, 2.75) is 81.3 Å². The minimum absolute atomic E-state index is 0.00257. The average molecular weight is 783 g/mol. The number of carboxylic acid groups (broad SMARTS) is 2. The van der Waals surface area contributed by atoms with Gasteiger partial charge in [-0.05, 0) is 39.7 Å². The molecule has 2 amide bonds. The van der Waals surface area contributed by atoms with Gasteiger partial charge in [0, 0.05) is 47.3 Å². The summed E-state index contributed by atoms with van der Waals surface area (Å²) in [6.07, 6.45) is 5.38. The second kappa shape index (κ2) is 13.6. The van der Waals surface area contributed by atoms with E-state index in [-0.39, 0.29) is 46.0 Å². The van der Waals surface area contributed by atoms with Crippen molar-refractivity contribution >= 4 is 68.6 Å². The highest BCUT2D eigenvalue weighted by Crippen LogP contribution is 2.46. The minimum Gasteiger partial charge on any atom is -0.504 e. The number of carbonyl (C=O) groups is 4. The Kier molecular flexibility index (Phi) is 9.38. The molecule has 3 fully saturated rings. The molecular formula is C35H40N7O10S2+. The number of hydrogen-bond donors (Lipinski definition) is 6. The van der Waals surface area contributed by atoms with Crippen LogP contribution in [0.15, 0.2) is 44.9 Å². The number of nitrogens with two attached hydrogens (primary N) is 1. The van der Waals surface area contributed by atoms with Gasteiger partial charge in [0.2, 0.25) is 5.60 Å². The molecule has 4 aliphatic rings. The largest absolute Gasteiger partial charge is 0.504 e. The molecule has 0 spiro atoms. The molecule has 19 heteroatoms. The third kappa shape index (κ3) is 6.64. The van der Waals surface area contributed by atoms with Crippen molar-refractivity contribution < 1.29 is 48.9 Å². The van der Waals surface area contributed by atoms with Crippen molar-refractivity contribution in [2.24, 2.45) is 5.16 Å². The van der Waals surface area contributed by atoms with Crippen LogP contribution in [0.5, 0.6) is 11.5 Å². The Bertz CT molecular complexity index is 2220. The van der Waals surface area contributed by atoms with E-state index in [1.807, 2.05) is 17.7 Å². The topological polar surface area (TPSA) is 247 Å². The van der Waals surface area contributed by atoms with Crippen LogP contribution in [0.25, 0.3) is 10.9 Å². The summed E-state index contributed by atoms with van der Waals surface area (Å²) in [5.41, 5.74) is 4.73. The Hall–Kier alpha value is -5.14. The number of carboxylic acids is 2. The van der Waals surface area contributed by atoms with E-state index in [1.54, 1.807) is 0 Å². The van der Waals surface area contributed by atoms with Gasteiger partial charge < -0.3 is 45.4 Å². The van der Waals surface area contributed by atoms with E-state index in [2.05, 4.69) is 15.5 Å². The summed E-state index contributed by atoms with van der Waals surface area (Å²) in [4.78, 5) is 76.2. The van der Waals surface area contributed by atoms with Crippen molar-refractivity contribution in [3.8, 4) is 11.5 Å². The molecule has 7 N–H and O–H groups in total. The van der Waals surface area contributed by atoms with Gasteiger partial charge in [0.05, 0.1) is 29.6 Å². The molecule has 0 radical (unpaired) electrons. The SMILES string of the molecule is C[C@@H]1S[C@@H]2[C@H](NC(=O)/C(=N\OC(C)(C)C(=O)O)c3csc(N)n3)C(=O)N2C(C(=O)O)=C1C[N+]1(Cc2cn(C3CC3)c3cc(O)c(O)cc3c2=O)CCCC1. The number of quaternary nitrogens is 1. The number of benzene rings is 1. The number of thioether (sulfide) groups is 1. The third-order valence-electron chi connectivity index (χ3n) is 10.4. The molecule has 0 unspecified atom stereocenters. The van der Waals surface area contributed by atoms with E-state index in [1.165, 1.54) is 48.0 Å². The van der Waals surface area contributed by atoms with Crippen LogP contribution in [0.1, 0.15) is 63.8 Å². The lowest BCUT2D eigenvalue weighted by atomic mass is 9.99. The number of likely N-dealkylation sites (tertiary alicyclic amines) is 1. The van der Waals surface area contributed by atoms with Gasteiger partial charge in [-0.15, -0.1) is 23.1 Å². The van der Waals surface area contributed by atoms with Crippen LogP contribution in [0.2, 0.25) is 0 Å². The number of aromatic nitrogens is 2. The van der Waals surface area contributed by atoms with E-state index in [9.17, 15) is 44.4 Å². The van der Waals surface area contributed by atoms with Gasteiger partial charge in [0.25, 0.3) is 11.8 Å². The number of carbonyl (C=O) groups excluding carboxylic acids is 2. The summed E-state index contributed by atoms with van der Waals surface area (Å²) < 4.78 is 2.37. The zero-order valence-corrected chi connectivity index (χ0v) is 31.3. The van der Waals surface area contributed by atoms with Crippen LogP contribution in [0.3, 0.4) is 0 Å². The van der Waals surface area contributed by atoms with Gasteiger partial charge in [0.1, 0.15) is 35.9 Å². The fraction of sp³-hybridized carbons (Fsp3) is 0.457. The summed E-state index contributed by atoms with van der Waals surface area (Å²) >= 11 is 2.34. The maximum absolute atomic E-state index is 13.9. The lowest BCUT2D eigenvalue weighted by molar-refractivity contribution is -0.925. The van der Waals surface area contributed by atoms with Crippen molar-refractivity contribution in [2.75, 3.05) is 25.4 Å². The fourth-order valence-electron chi connectivity index (χ4n) is 7.36. The van der Waals surface area contributed by atoms with Crippen LogP contribution in [0, 0.1) is 0 Å². The van der Waals surface area contributed by atoms with Crippen LogP contribution < -0.4 is 16.5 Å². The van der Waals surface area contributed by atoms with E-state index in [4.69, 9.17) is 10.6 Å². The lowest BCUT2D eigenvalue weighted by Gasteiger charge is -2.51. The molecule has 1 aromatic carbocycles. The maximum atomic E-state index is 13.9. The van der Waals surface area contributed by atoms with Crippen molar-refractivity contribution in [3.05, 3.63) is 56.5 Å². The molecule has 2 saturated heterocycles. The predicted molar refractivity (Wildman–Crippen MR) is 198 cm³/mol. The lowest BCUT2D eigenvalue weighted by Crippen LogP contribution is -2.71. The highest BCUT2D eigenvalue weighted by molar-refractivity contribution is 8.00. The number of aromatic hydroxyl groups is 2. The van der Waals surface area contributed by atoms with Gasteiger partial charge in [-0.2, -0.15) is 0 Å². The zero-order chi connectivity index (χ0) is 38.9. The molecule has 3 aliphatic heterocycles. The number of phenolic OH excluding ortho intramolecular Hbond substituents is 2. The molecule has 1 aliphatic carbocycles. The Morgan fingerprint density at radius 2 is 1.80 bits per heavy atom. The molecule has 2 aromatic heterocycles. The number of fused-ring (bicyclic) bond motifs is 2. The van der Waals surface area contributed by atoms with Gasteiger partial charge >= 0.3 is 11.9 Å². The predicted octanol–water partition coefficient (Wildman–Crippen LogP) is 2.31. The number of nitrogen functional groups attached to an aromatic ring is 1. The van der Waals surface area contributed by atoms with Gasteiger partial charge in [0.15, 0.2) is 27.8 Å². The molecule has 54 heavy (non-hydrogen) atoms. The number of β-lactam (4-membered cyclic amide) rings is 1. The number of pyridine rings is 1. The summed E-state index contributed by atoms with van der Waals surface area (Å²) in [5.74, 6) is -4.86. The molecule has 0 bridgehead atoms. The van der Waals surface area contributed by atoms with Crippen LogP contribution in [-0.2, 0) is 30.6 Å². The number of oxime groups is 1. The Labute approximate surface area is 316 Å². The third-order valence-corrected chi connectivity index (χ3v) is 12.6. The number of amides is 2. The average Bonchev–Trinajstić information content (AvgIpc) is 3.71. The van der Waals surface area contributed by atoms with Crippen molar-refractivity contribution in [3.63, 3.8) is 0 Å². The van der Waals surface area contributed by atoms with Crippen LogP contribution in [-0.4, -0.2) is 111 Å². The maximum Gasteiger partial charge on any atom is 0.352 e. The Balaban J connectivity index is 1.17. The highest BCUT2D eigenvalue weighted by atomic mass is 32.2. The minimum atomic E-state index is -1.80. The second-order valence-corrected chi connectivity index (χ2v) is 17.1. The first-order valence-electron chi connectivity index (χ1n) is 17.4. The number of nitrogens with one attached hydrogen (secondary N) is 1. The number of anilines is 1. The monoisotopic (exact) mass is 782 g/mol. The molecule has 3 atom stereocenters. The number of hydrogen-bond acceptors (Lipinski definition) is 13. The van der Waals surface area contributed by atoms with Crippen LogP contribution >= 0.6 is 23.1 Å². The summed E-state index contributed by atoms with van der Waals surface area (Å²) in [7, 11) is 0. The Morgan fingerprint density at radius 1 is 1.11 bits per heavy atom. The number of rotatable bonds is 12. The fourth-order valence-corrected chi connectivity index (χ4v) is 9.35. The molecular weight excluding hydrogens is 743 g/mol. The molecule has 3 aromatic rings. The van der Waals surface area contributed by atoms with Crippen molar-refractivity contribution in [1.82, 2.24) is 19.8 Å². The molecule has 286 valence electrons. The smallest absolute Gasteiger partial charge is 0.352 e.